The van der Waals surface area contributed by atoms with Crippen molar-refractivity contribution >= 4 is 27.3 Å². The first-order valence-electron chi connectivity index (χ1n) is 3.07. The van der Waals surface area contributed by atoms with Gasteiger partial charge in [-0.2, -0.15) is 0 Å². The fourth-order valence-electron chi connectivity index (χ4n) is 0.764. The zero-order valence-corrected chi connectivity index (χ0v) is 8.11. The molecule has 0 amide bonds. The van der Waals surface area contributed by atoms with Crippen LogP contribution in [-0.2, 0) is 0 Å². The van der Waals surface area contributed by atoms with Crippen LogP contribution in [0, 0.1) is 0 Å². The summed E-state index contributed by atoms with van der Waals surface area (Å²) in [4.78, 5) is 11.4. The van der Waals surface area contributed by atoms with Crippen LogP contribution in [0.4, 0.5) is 0 Å². The van der Waals surface area contributed by atoms with Crippen molar-refractivity contribution in [1.29, 1.82) is 0 Å². The average molecular weight is 247 g/mol. The summed E-state index contributed by atoms with van der Waals surface area (Å²) >= 11 is 4.75. The van der Waals surface area contributed by atoms with Gasteiger partial charge in [0.25, 0.3) is 5.89 Å². The molecular formula is C6H3BrN2O2S. The Morgan fingerprint density at radius 1 is 1.58 bits per heavy atom. The number of H-pyrrole nitrogens is 1. The van der Waals surface area contributed by atoms with Gasteiger partial charge in [-0.1, -0.05) is 0 Å². The lowest BCUT2D eigenvalue weighted by Gasteiger charge is -1.81. The smallest absolute Gasteiger partial charge is 0.387 e. The average Bonchev–Trinajstić information content (AvgIpc) is 2.58. The lowest BCUT2D eigenvalue weighted by molar-refractivity contribution is 0.528. The zero-order chi connectivity index (χ0) is 8.55. The van der Waals surface area contributed by atoms with Gasteiger partial charge in [-0.3, -0.25) is 0 Å². The highest BCUT2D eigenvalue weighted by Crippen LogP contribution is 2.28. The molecule has 0 radical (unpaired) electrons. The van der Waals surface area contributed by atoms with Crippen molar-refractivity contribution < 1.29 is 4.42 Å². The summed E-state index contributed by atoms with van der Waals surface area (Å²) in [5.74, 6) is -0.203. The summed E-state index contributed by atoms with van der Waals surface area (Å²) in [6, 6.07) is 3.70. The molecule has 0 fully saturated rings. The first-order chi connectivity index (χ1) is 5.75. The number of halogens is 1. The first-order valence-corrected chi connectivity index (χ1v) is 4.68. The molecule has 62 valence electrons. The fourth-order valence-corrected chi connectivity index (χ4v) is 2.08. The standard InChI is InChI=1S/C6H3BrN2O2S/c7-4-2-1-3(12-4)5-8-9-6(10)11-5/h1-2H,(H,9,10). The molecule has 2 rings (SSSR count). The van der Waals surface area contributed by atoms with E-state index in [0.717, 1.165) is 8.66 Å². The van der Waals surface area contributed by atoms with Crippen molar-refractivity contribution in [3.63, 3.8) is 0 Å². The lowest BCUT2D eigenvalue weighted by atomic mass is 10.5. The third-order valence-corrected chi connectivity index (χ3v) is 2.83. The summed E-state index contributed by atoms with van der Waals surface area (Å²) in [5, 5.41) is 5.88. The number of rotatable bonds is 1. The Hall–Kier alpha value is -0.880. The van der Waals surface area contributed by atoms with E-state index in [1.807, 2.05) is 12.1 Å². The van der Waals surface area contributed by atoms with Crippen molar-refractivity contribution in [2.75, 3.05) is 0 Å². The Morgan fingerprint density at radius 2 is 2.42 bits per heavy atom. The first kappa shape index (κ1) is 7.75. The van der Waals surface area contributed by atoms with E-state index in [-0.39, 0.29) is 0 Å². The molecule has 12 heavy (non-hydrogen) atoms. The number of nitrogens with zero attached hydrogens (tertiary/aromatic N) is 1. The molecule has 0 aromatic carbocycles. The Kier molecular flexibility index (Phi) is 1.86. The molecule has 0 aliphatic heterocycles. The maximum absolute atomic E-state index is 10.6. The Balaban J connectivity index is 2.50. The van der Waals surface area contributed by atoms with Gasteiger partial charge in [0.05, 0.1) is 8.66 Å². The van der Waals surface area contributed by atoms with Gasteiger partial charge in [-0.15, -0.1) is 16.4 Å². The topological polar surface area (TPSA) is 58.9 Å². The van der Waals surface area contributed by atoms with Crippen LogP contribution in [0.25, 0.3) is 10.8 Å². The Morgan fingerprint density at radius 3 is 2.92 bits per heavy atom. The van der Waals surface area contributed by atoms with Crippen LogP contribution in [0.5, 0.6) is 0 Å². The minimum Gasteiger partial charge on any atom is -0.387 e. The molecule has 2 aromatic rings. The Labute approximate surface area is 79.4 Å². The highest BCUT2D eigenvalue weighted by Gasteiger charge is 2.06. The largest absolute Gasteiger partial charge is 0.434 e. The maximum Gasteiger partial charge on any atom is 0.434 e. The maximum atomic E-state index is 10.6. The molecular weight excluding hydrogens is 244 g/mol. The fraction of sp³-hybridized carbons (Fsp3) is 0. The van der Waals surface area contributed by atoms with E-state index in [2.05, 4.69) is 26.1 Å². The second-order valence-electron chi connectivity index (χ2n) is 2.02. The van der Waals surface area contributed by atoms with Crippen molar-refractivity contribution in [2.45, 2.75) is 0 Å². The van der Waals surface area contributed by atoms with E-state index in [4.69, 9.17) is 4.42 Å². The van der Waals surface area contributed by atoms with Gasteiger partial charge in [0.1, 0.15) is 0 Å². The van der Waals surface area contributed by atoms with Crippen LogP contribution in [0.15, 0.2) is 25.1 Å². The van der Waals surface area contributed by atoms with E-state index >= 15 is 0 Å². The number of hydrogen-bond donors (Lipinski definition) is 1. The summed E-state index contributed by atoms with van der Waals surface area (Å²) < 4.78 is 5.73. The third-order valence-electron chi connectivity index (χ3n) is 1.22. The van der Waals surface area contributed by atoms with Gasteiger partial charge in [0.2, 0.25) is 0 Å². The SMILES string of the molecule is O=c1[nH]nc(-c2ccc(Br)s2)o1. The minimum atomic E-state index is -0.533. The predicted molar refractivity (Wildman–Crippen MR) is 48.1 cm³/mol. The molecule has 0 aliphatic rings. The van der Waals surface area contributed by atoms with Crippen molar-refractivity contribution in [3.8, 4) is 10.8 Å². The lowest BCUT2D eigenvalue weighted by Crippen LogP contribution is -1.93. The normalized spacial score (nSPS) is 10.4. The molecule has 0 unspecified atom stereocenters. The minimum absolute atomic E-state index is 0.329. The van der Waals surface area contributed by atoms with Crippen LogP contribution in [0.1, 0.15) is 0 Å². The van der Waals surface area contributed by atoms with Crippen molar-refractivity contribution in [3.05, 3.63) is 26.5 Å². The molecule has 0 bridgehead atoms. The zero-order valence-electron chi connectivity index (χ0n) is 5.70. The summed E-state index contributed by atoms with van der Waals surface area (Å²) in [6.07, 6.45) is 0. The number of aromatic amines is 1. The molecule has 6 heteroatoms. The van der Waals surface area contributed by atoms with Crippen LogP contribution < -0.4 is 5.76 Å². The van der Waals surface area contributed by atoms with Gasteiger partial charge in [0, 0.05) is 0 Å². The van der Waals surface area contributed by atoms with Gasteiger partial charge in [-0.05, 0) is 28.1 Å². The van der Waals surface area contributed by atoms with Crippen LogP contribution in [-0.4, -0.2) is 10.2 Å². The molecule has 0 saturated heterocycles. The van der Waals surface area contributed by atoms with E-state index < -0.39 is 5.76 Å². The van der Waals surface area contributed by atoms with E-state index in [9.17, 15) is 4.79 Å². The number of aromatic nitrogens is 2. The summed E-state index contributed by atoms with van der Waals surface area (Å²) in [7, 11) is 0. The van der Waals surface area contributed by atoms with E-state index in [1.54, 1.807) is 0 Å². The summed E-state index contributed by atoms with van der Waals surface area (Å²) in [6.45, 7) is 0. The second-order valence-corrected chi connectivity index (χ2v) is 4.49. The number of thiophene rings is 1. The molecule has 1 N–H and O–H groups in total. The second kappa shape index (κ2) is 2.87. The van der Waals surface area contributed by atoms with Gasteiger partial charge in [-0.25, -0.2) is 9.89 Å². The molecule has 2 heterocycles. The highest BCUT2D eigenvalue weighted by molar-refractivity contribution is 9.11. The molecule has 2 aromatic heterocycles. The van der Waals surface area contributed by atoms with Crippen molar-refractivity contribution in [2.24, 2.45) is 0 Å². The van der Waals surface area contributed by atoms with Gasteiger partial charge in [0.15, 0.2) is 0 Å². The van der Waals surface area contributed by atoms with Crippen LogP contribution >= 0.6 is 27.3 Å². The highest BCUT2D eigenvalue weighted by atomic mass is 79.9. The number of hydrogen-bond acceptors (Lipinski definition) is 4. The van der Waals surface area contributed by atoms with Crippen LogP contribution in [0.3, 0.4) is 0 Å². The van der Waals surface area contributed by atoms with Gasteiger partial charge < -0.3 is 4.42 Å². The molecule has 0 spiro atoms. The quantitative estimate of drug-likeness (QED) is 0.836. The predicted octanol–water partition coefficient (Wildman–Crippen LogP) is 1.85. The molecule has 0 atom stereocenters. The van der Waals surface area contributed by atoms with Crippen LogP contribution in [0.2, 0.25) is 0 Å². The van der Waals surface area contributed by atoms with E-state index in [0.29, 0.717) is 5.89 Å². The monoisotopic (exact) mass is 246 g/mol. The summed E-state index contributed by atoms with van der Waals surface area (Å²) in [5.41, 5.74) is 0. The van der Waals surface area contributed by atoms with E-state index in [1.165, 1.54) is 11.3 Å². The molecule has 4 nitrogen and oxygen atoms in total. The number of nitrogens with one attached hydrogen (secondary N) is 1. The molecule has 0 saturated carbocycles. The van der Waals surface area contributed by atoms with Gasteiger partial charge >= 0.3 is 5.76 Å². The molecule has 0 aliphatic carbocycles. The van der Waals surface area contributed by atoms with Crippen molar-refractivity contribution in [1.82, 2.24) is 10.2 Å². The Bertz CT molecular complexity index is 444. The third kappa shape index (κ3) is 1.35.